The van der Waals surface area contributed by atoms with Gasteiger partial charge in [-0.1, -0.05) is 17.7 Å². The van der Waals surface area contributed by atoms with Crippen molar-refractivity contribution in [1.82, 2.24) is 9.36 Å². The molecule has 1 fully saturated rings. The summed E-state index contributed by atoms with van der Waals surface area (Å²) in [5, 5.41) is 1.06. The van der Waals surface area contributed by atoms with Gasteiger partial charge in [-0.25, -0.2) is 4.98 Å². The van der Waals surface area contributed by atoms with Gasteiger partial charge in [0, 0.05) is 43.4 Å². The molecule has 1 aliphatic rings. The molecule has 2 aromatic rings. The summed E-state index contributed by atoms with van der Waals surface area (Å²) in [5.41, 5.74) is 4.06. The highest BCUT2D eigenvalue weighted by Crippen LogP contribution is 2.24. The normalized spacial score (nSPS) is 15.8. The molecule has 0 saturated carbocycles. The molecule has 1 aliphatic heterocycles. The van der Waals surface area contributed by atoms with Gasteiger partial charge in [0.15, 0.2) is 0 Å². The van der Waals surface area contributed by atoms with E-state index in [1.165, 1.54) is 28.3 Å². The van der Waals surface area contributed by atoms with Crippen molar-refractivity contribution >= 4 is 22.4 Å². The Balaban J connectivity index is 1.69. The molecule has 2 heterocycles. The van der Waals surface area contributed by atoms with E-state index in [1.54, 1.807) is 0 Å². The number of rotatable bonds is 2. The SMILES string of the molecule is Cc1ccc(N2CCN(c3nc(C)ns3)CC2)c(C)c1. The minimum absolute atomic E-state index is 0.877. The van der Waals surface area contributed by atoms with Crippen LogP contribution < -0.4 is 9.80 Å². The van der Waals surface area contributed by atoms with E-state index in [2.05, 4.69) is 51.2 Å². The van der Waals surface area contributed by atoms with E-state index in [9.17, 15) is 0 Å². The third-order valence-electron chi connectivity index (χ3n) is 3.76. The zero-order valence-electron chi connectivity index (χ0n) is 12.3. The summed E-state index contributed by atoms with van der Waals surface area (Å²) in [6.45, 7) is 10.4. The van der Waals surface area contributed by atoms with Crippen LogP contribution in [0, 0.1) is 20.8 Å². The second-order valence-corrected chi connectivity index (χ2v) is 6.12. The Morgan fingerprint density at radius 1 is 1.00 bits per heavy atom. The average molecular weight is 288 g/mol. The highest BCUT2D eigenvalue weighted by atomic mass is 32.1. The minimum Gasteiger partial charge on any atom is -0.368 e. The second-order valence-electron chi connectivity index (χ2n) is 5.39. The van der Waals surface area contributed by atoms with Gasteiger partial charge < -0.3 is 9.80 Å². The Bertz CT molecular complexity index is 600. The summed E-state index contributed by atoms with van der Waals surface area (Å²) in [5.74, 6) is 0.877. The fourth-order valence-corrected chi connectivity index (χ4v) is 3.44. The molecule has 4 nitrogen and oxygen atoms in total. The van der Waals surface area contributed by atoms with E-state index in [0.29, 0.717) is 0 Å². The number of hydrogen-bond donors (Lipinski definition) is 0. The maximum atomic E-state index is 4.48. The highest BCUT2D eigenvalue weighted by molar-refractivity contribution is 7.09. The van der Waals surface area contributed by atoms with Crippen molar-refractivity contribution in [3.05, 3.63) is 35.2 Å². The zero-order chi connectivity index (χ0) is 14.1. The molecule has 0 spiro atoms. The molecule has 0 N–H and O–H groups in total. The summed E-state index contributed by atoms with van der Waals surface area (Å²) < 4.78 is 4.27. The van der Waals surface area contributed by atoms with E-state index >= 15 is 0 Å². The Hall–Kier alpha value is -1.62. The predicted molar refractivity (Wildman–Crippen MR) is 85.0 cm³/mol. The lowest BCUT2D eigenvalue weighted by Gasteiger charge is -2.36. The van der Waals surface area contributed by atoms with E-state index in [0.717, 1.165) is 37.1 Å². The predicted octanol–water partition coefficient (Wildman–Crippen LogP) is 2.79. The van der Waals surface area contributed by atoms with Crippen LogP contribution in [0.15, 0.2) is 18.2 Å². The number of aryl methyl sites for hydroxylation is 3. The van der Waals surface area contributed by atoms with Crippen molar-refractivity contribution in [2.75, 3.05) is 36.0 Å². The first-order chi connectivity index (χ1) is 9.63. The largest absolute Gasteiger partial charge is 0.368 e. The van der Waals surface area contributed by atoms with Crippen LogP contribution in [-0.4, -0.2) is 35.5 Å². The van der Waals surface area contributed by atoms with Crippen LogP contribution in [-0.2, 0) is 0 Å². The molecule has 106 valence electrons. The van der Waals surface area contributed by atoms with E-state index in [4.69, 9.17) is 0 Å². The monoisotopic (exact) mass is 288 g/mol. The zero-order valence-corrected chi connectivity index (χ0v) is 13.1. The molecule has 0 bridgehead atoms. The lowest BCUT2D eigenvalue weighted by atomic mass is 10.1. The van der Waals surface area contributed by atoms with Crippen molar-refractivity contribution in [2.45, 2.75) is 20.8 Å². The lowest BCUT2D eigenvalue weighted by molar-refractivity contribution is 0.650. The highest BCUT2D eigenvalue weighted by Gasteiger charge is 2.20. The van der Waals surface area contributed by atoms with Crippen molar-refractivity contribution < 1.29 is 0 Å². The van der Waals surface area contributed by atoms with Crippen LogP contribution in [0.3, 0.4) is 0 Å². The third-order valence-corrected chi connectivity index (χ3v) is 4.63. The molecule has 0 radical (unpaired) electrons. The molecular weight excluding hydrogens is 268 g/mol. The smallest absolute Gasteiger partial charge is 0.205 e. The first-order valence-electron chi connectivity index (χ1n) is 7.01. The van der Waals surface area contributed by atoms with Gasteiger partial charge >= 0.3 is 0 Å². The van der Waals surface area contributed by atoms with Gasteiger partial charge in [-0.15, -0.1) is 0 Å². The maximum Gasteiger partial charge on any atom is 0.205 e. The van der Waals surface area contributed by atoms with Crippen molar-refractivity contribution in [1.29, 1.82) is 0 Å². The Labute approximate surface area is 124 Å². The van der Waals surface area contributed by atoms with Crippen LogP contribution in [0.4, 0.5) is 10.8 Å². The molecule has 5 heteroatoms. The van der Waals surface area contributed by atoms with Crippen LogP contribution in [0.2, 0.25) is 0 Å². The Morgan fingerprint density at radius 3 is 2.30 bits per heavy atom. The van der Waals surface area contributed by atoms with Gasteiger partial charge in [0.25, 0.3) is 0 Å². The summed E-state index contributed by atoms with van der Waals surface area (Å²) in [4.78, 5) is 9.29. The summed E-state index contributed by atoms with van der Waals surface area (Å²) >= 11 is 1.50. The van der Waals surface area contributed by atoms with Gasteiger partial charge in [-0.05, 0) is 32.4 Å². The van der Waals surface area contributed by atoms with Gasteiger partial charge in [-0.3, -0.25) is 0 Å². The van der Waals surface area contributed by atoms with Crippen molar-refractivity contribution in [3.63, 3.8) is 0 Å². The Kier molecular flexibility index (Phi) is 3.61. The minimum atomic E-state index is 0.877. The summed E-state index contributed by atoms with van der Waals surface area (Å²) in [6, 6.07) is 6.70. The molecule has 3 rings (SSSR count). The number of anilines is 2. The number of aromatic nitrogens is 2. The van der Waals surface area contributed by atoms with Crippen LogP contribution in [0.25, 0.3) is 0 Å². The fraction of sp³-hybridized carbons (Fsp3) is 0.467. The maximum absolute atomic E-state index is 4.48. The average Bonchev–Trinajstić information content (AvgIpc) is 2.86. The van der Waals surface area contributed by atoms with E-state index in [1.807, 2.05) is 6.92 Å². The fourth-order valence-electron chi connectivity index (χ4n) is 2.71. The molecular formula is C15H20N4S. The summed E-state index contributed by atoms with van der Waals surface area (Å²) in [7, 11) is 0. The molecule has 1 aromatic carbocycles. The number of hydrogen-bond acceptors (Lipinski definition) is 5. The standard InChI is InChI=1S/C15H20N4S/c1-11-4-5-14(12(2)10-11)18-6-8-19(9-7-18)15-16-13(3)17-20-15/h4-5,10H,6-9H2,1-3H3. The van der Waals surface area contributed by atoms with Gasteiger partial charge in [0.05, 0.1) is 0 Å². The van der Waals surface area contributed by atoms with Gasteiger partial charge in [0.1, 0.15) is 5.82 Å². The topological polar surface area (TPSA) is 32.3 Å². The molecule has 0 amide bonds. The molecule has 0 aliphatic carbocycles. The number of nitrogens with zero attached hydrogens (tertiary/aromatic N) is 4. The van der Waals surface area contributed by atoms with E-state index in [-0.39, 0.29) is 0 Å². The quantitative estimate of drug-likeness (QED) is 0.850. The van der Waals surface area contributed by atoms with Crippen LogP contribution in [0.1, 0.15) is 17.0 Å². The lowest BCUT2D eigenvalue weighted by Crippen LogP contribution is -2.46. The molecule has 0 atom stereocenters. The first kappa shape index (κ1) is 13.4. The second kappa shape index (κ2) is 5.40. The molecule has 1 aromatic heterocycles. The van der Waals surface area contributed by atoms with Crippen LogP contribution in [0.5, 0.6) is 0 Å². The van der Waals surface area contributed by atoms with Crippen molar-refractivity contribution in [3.8, 4) is 0 Å². The first-order valence-corrected chi connectivity index (χ1v) is 7.78. The third kappa shape index (κ3) is 2.63. The molecule has 1 saturated heterocycles. The van der Waals surface area contributed by atoms with Crippen molar-refractivity contribution in [2.24, 2.45) is 0 Å². The van der Waals surface area contributed by atoms with Gasteiger partial charge in [0.2, 0.25) is 5.13 Å². The Morgan fingerprint density at radius 2 is 1.70 bits per heavy atom. The van der Waals surface area contributed by atoms with E-state index < -0.39 is 0 Å². The van der Waals surface area contributed by atoms with Crippen LogP contribution >= 0.6 is 11.5 Å². The van der Waals surface area contributed by atoms with Gasteiger partial charge in [-0.2, -0.15) is 4.37 Å². The number of benzene rings is 1. The number of piperazine rings is 1. The molecule has 20 heavy (non-hydrogen) atoms. The summed E-state index contributed by atoms with van der Waals surface area (Å²) in [6.07, 6.45) is 0. The molecule has 0 unspecified atom stereocenters.